The van der Waals surface area contributed by atoms with Crippen LogP contribution in [0.4, 0.5) is 13.2 Å². The number of hydrogen-bond donors (Lipinski definition) is 1. The van der Waals surface area contributed by atoms with Gasteiger partial charge in [0.25, 0.3) is 5.91 Å². The molecule has 0 aliphatic carbocycles. The van der Waals surface area contributed by atoms with E-state index in [2.05, 4.69) is 15.1 Å². The third-order valence-electron chi connectivity index (χ3n) is 5.90. The van der Waals surface area contributed by atoms with E-state index >= 15 is 0 Å². The standard InChI is InChI=1S/C22H20ClF3N6O2/c23-14-11-31-17(10-28-19(31)8-18(14)33)20-13-9-27-15(21(34)30-5-3-1-2-4-6-30)7-16(13)32(29-20)12-22(24,25)26/h7-11,33H,1-6,12H2. The number of likely N-dealkylation sites (tertiary alicyclic amines) is 1. The van der Waals surface area contributed by atoms with Gasteiger partial charge in [0.15, 0.2) is 0 Å². The summed E-state index contributed by atoms with van der Waals surface area (Å²) in [5.74, 6) is -0.473. The molecule has 34 heavy (non-hydrogen) atoms. The lowest BCUT2D eigenvalue weighted by Gasteiger charge is -2.19. The number of aromatic hydroxyl groups is 1. The Morgan fingerprint density at radius 1 is 1.09 bits per heavy atom. The Morgan fingerprint density at radius 3 is 2.53 bits per heavy atom. The maximum atomic E-state index is 13.4. The van der Waals surface area contributed by atoms with Gasteiger partial charge < -0.3 is 10.0 Å². The first-order chi connectivity index (χ1) is 16.2. The summed E-state index contributed by atoms with van der Waals surface area (Å²) in [7, 11) is 0. The molecule has 178 valence electrons. The second-order valence-corrected chi connectivity index (χ2v) is 8.70. The lowest BCUT2D eigenvalue weighted by molar-refractivity contribution is -0.141. The summed E-state index contributed by atoms with van der Waals surface area (Å²) in [5, 5.41) is 14.4. The van der Waals surface area contributed by atoms with Gasteiger partial charge in [-0.1, -0.05) is 24.4 Å². The van der Waals surface area contributed by atoms with Gasteiger partial charge in [0.1, 0.15) is 29.3 Å². The highest BCUT2D eigenvalue weighted by molar-refractivity contribution is 6.32. The van der Waals surface area contributed by atoms with Crippen molar-refractivity contribution in [1.82, 2.24) is 29.0 Å². The molecule has 1 fully saturated rings. The van der Waals surface area contributed by atoms with Crippen LogP contribution in [-0.4, -0.2) is 59.3 Å². The quantitative estimate of drug-likeness (QED) is 0.448. The zero-order valence-corrected chi connectivity index (χ0v) is 18.6. The highest BCUT2D eigenvalue weighted by Gasteiger charge is 2.31. The molecule has 0 radical (unpaired) electrons. The van der Waals surface area contributed by atoms with Gasteiger partial charge in [0.2, 0.25) is 0 Å². The summed E-state index contributed by atoms with van der Waals surface area (Å²) >= 11 is 6.03. The first kappa shape index (κ1) is 22.5. The first-order valence-corrected chi connectivity index (χ1v) is 11.2. The monoisotopic (exact) mass is 492 g/mol. The minimum absolute atomic E-state index is 0.0502. The van der Waals surface area contributed by atoms with Gasteiger partial charge in [-0.15, -0.1) is 0 Å². The van der Waals surface area contributed by atoms with Crippen LogP contribution in [0.15, 0.2) is 30.7 Å². The SMILES string of the molecule is O=C(c1cc2c(cn1)c(-c1cnc3cc(O)c(Cl)cn13)nn2CC(F)(F)F)N1CCCCCC1. The number of imidazole rings is 1. The van der Waals surface area contributed by atoms with E-state index in [-0.39, 0.29) is 33.6 Å². The van der Waals surface area contributed by atoms with Gasteiger partial charge in [-0.3, -0.25) is 18.9 Å². The van der Waals surface area contributed by atoms with E-state index in [1.165, 1.54) is 35.1 Å². The van der Waals surface area contributed by atoms with Crippen molar-refractivity contribution in [1.29, 1.82) is 0 Å². The predicted molar refractivity (Wildman–Crippen MR) is 119 cm³/mol. The Bertz CT molecular complexity index is 1390. The molecule has 1 aliphatic rings. The van der Waals surface area contributed by atoms with Crippen LogP contribution >= 0.6 is 11.6 Å². The molecule has 5 rings (SSSR count). The number of carbonyl (C=O) groups is 1. The predicted octanol–water partition coefficient (Wildman–Crippen LogP) is 4.68. The third kappa shape index (κ3) is 4.15. The van der Waals surface area contributed by atoms with Crippen LogP contribution in [0.1, 0.15) is 36.2 Å². The van der Waals surface area contributed by atoms with E-state index in [1.54, 1.807) is 4.90 Å². The number of alkyl halides is 3. The molecule has 1 saturated heterocycles. The van der Waals surface area contributed by atoms with E-state index in [0.717, 1.165) is 30.4 Å². The van der Waals surface area contributed by atoms with Gasteiger partial charge in [0.05, 0.1) is 22.4 Å². The molecule has 0 spiro atoms. The second kappa shape index (κ2) is 8.46. The molecule has 4 aromatic heterocycles. The molecule has 0 saturated carbocycles. The van der Waals surface area contributed by atoms with Gasteiger partial charge in [-0.05, 0) is 18.9 Å². The summed E-state index contributed by atoms with van der Waals surface area (Å²) in [4.78, 5) is 23.2. The van der Waals surface area contributed by atoms with E-state index in [4.69, 9.17) is 11.6 Å². The Kier molecular flexibility index (Phi) is 5.59. The molecule has 1 aliphatic heterocycles. The summed E-state index contributed by atoms with van der Waals surface area (Å²) in [5.41, 5.74) is 1.14. The van der Waals surface area contributed by atoms with E-state index < -0.39 is 12.7 Å². The van der Waals surface area contributed by atoms with Crippen LogP contribution < -0.4 is 0 Å². The molecule has 0 aromatic carbocycles. The van der Waals surface area contributed by atoms with E-state index in [9.17, 15) is 23.1 Å². The zero-order chi connectivity index (χ0) is 24.0. The Hall–Kier alpha value is -3.34. The lowest BCUT2D eigenvalue weighted by atomic mass is 10.2. The molecule has 12 heteroatoms. The molecule has 0 atom stereocenters. The number of hydrogen-bond acceptors (Lipinski definition) is 5. The van der Waals surface area contributed by atoms with Crippen molar-refractivity contribution in [2.75, 3.05) is 13.1 Å². The van der Waals surface area contributed by atoms with E-state index in [1.807, 2.05) is 0 Å². The molecular weight excluding hydrogens is 473 g/mol. The smallest absolute Gasteiger partial charge is 0.408 e. The fourth-order valence-electron chi connectivity index (χ4n) is 4.27. The molecule has 8 nitrogen and oxygen atoms in total. The lowest BCUT2D eigenvalue weighted by Crippen LogP contribution is -2.32. The number of nitrogens with zero attached hydrogens (tertiary/aromatic N) is 6. The van der Waals surface area contributed by atoms with E-state index in [0.29, 0.717) is 29.8 Å². The maximum Gasteiger partial charge on any atom is 0.408 e. The largest absolute Gasteiger partial charge is 0.506 e. The van der Waals surface area contributed by atoms with Crippen LogP contribution in [0, 0.1) is 0 Å². The number of amides is 1. The van der Waals surface area contributed by atoms with Gasteiger partial charge in [-0.25, -0.2) is 4.98 Å². The third-order valence-corrected chi connectivity index (χ3v) is 6.19. The summed E-state index contributed by atoms with van der Waals surface area (Å²) in [6.07, 6.45) is 3.54. The van der Waals surface area contributed by atoms with Crippen molar-refractivity contribution in [3.8, 4) is 17.1 Å². The van der Waals surface area contributed by atoms with Crippen LogP contribution in [0.2, 0.25) is 5.02 Å². The van der Waals surface area contributed by atoms with Crippen molar-refractivity contribution in [3.05, 3.63) is 41.4 Å². The average molecular weight is 493 g/mol. The summed E-state index contributed by atoms with van der Waals surface area (Å²) < 4.78 is 42.4. The molecule has 5 heterocycles. The first-order valence-electron chi connectivity index (χ1n) is 10.8. The highest BCUT2D eigenvalue weighted by atomic mass is 35.5. The highest BCUT2D eigenvalue weighted by Crippen LogP contribution is 2.33. The normalized spacial score (nSPS) is 15.2. The van der Waals surface area contributed by atoms with Crippen LogP contribution in [0.3, 0.4) is 0 Å². The van der Waals surface area contributed by atoms with Crippen molar-refractivity contribution < 1.29 is 23.1 Å². The number of carbonyl (C=O) groups excluding carboxylic acids is 1. The summed E-state index contributed by atoms with van der Waals surface area (Å²) in [6, 6.07) is 2.71. The molecule has 0 unspecified atom stereocenters. The van der Waals surface area contributed by atoms with Crippen LogP contribution in [-0.2, 0) is 6.54 Å². The average Bonchev–Trinajstić information content (AvgIpc) is 3.20. The molecular formula is C22H20ClF3N6O2. The number of halogens is 4. The van der Waals surface area contributed by atoms with Crippen LogP contribution in [0.25, 0.3) is 27.9 Å². The molecule has 0 bridgehead atoms. The minimum atomic E-state index is -4.52. The van der Waals surface area contributed by atoms with Gasteiger partial charge in [-0.2, -0.15) is 18.3 Å². The number of pyridine rings is 2. The van der Waals surface area contributed by atoms with Crippen molar-refractivity contribution >= 4 is 34.1 Å². The zero-order valence-electron chi connectivity index (χ0n) is 17.9. The fraction of sp³-hybridized carbons (Fsp3) is 0.364. The Balaban J connectivity index is 1.64. The molecule has 1 amide bonds. The maximum absolute atomic E-state index is 13.4. The number of fused-ring (bicyclic) bond motifs is 2. The van der Waals surface area contributed by atoms with Gasteiger partial charge >= 0.3 is 6.18 Å². The molecule has 1 N–H and O–H groups in total. The summed E-state index contributed by atoms with van der Waals surface area (Å²) in [6.45, 7) is -0.134. The second-order valence-electron chi connectivity index (χ2n) is 8.29. The minimum Gasteiger partial charge on any atom is -0.506 e. The fourth-order valence-corrected chi connectivity index (χ4v) is 4.42. The number of rotatable bonds is 3. The molecule has 4 aromatic rings. The van der Waals surface area contributed by atoms with Crippen molar-refractivity contribution in [2.45, 2.75) is 38.4 Å². The Labute approximate surface area is 196 Å². The van der Waals surface area contributed by atoms with Crippen molar-refractivity contribution in [2.24, 2.45) is 0 Å². The Morgan fingerprint density at radius 2 is 1.82 bits per heavy atom. The van der Waals surface area contributed by atoms with Crippen molar-refractivity contribution in [3.63, 3.8) is 0 Å². The number of aromatic nitrogens is 5. The van der Waals surface area contributed by atoms with Crippen LogP contribution in [0.5, 0.6) is 5.75 Å². The van der Waals surface area contributed by atoms with Gasteiger partial charge in [0, 0.05) is 36.9 Å². The topological polar surface area (TPSA) is 88.5 Å².